The molecular formula is C7H6F3NO3S. The van der Waals surface area contributed by atoms with Crippen LogP contribution in [0.5, 0.6) is 5.06 Å². The number of nitrogens with one attached hydrogen (secondary N) is 1. The van der Waals surface area contributed by atoms with E-state index in [0.29, 0.717) is 0 Å². The summed E-state index contributed by atoms with van der Waals surface area (Å²) in [6.07, 6.45) is -4.80. The van der Waals surface area contributed by atoms with Gasteiger partial charge < -0.3 is 9.72 Å². The lowest BCUT2D eigenvalue weighted by atomic mass is 10.4. The Hall–Kier alpha value is -1.31. The SMILES string of the molecule is CCC(=O)Oc1sc(=O)[nH]c1C(F)(F)F. The fraction of sp³-hybridized carbons (Fsp3) is 0.429. The van der Waals surface area contributed by atoms with Crippen LogP contribution in [0.15, 0.2) is 4.79 Å². The average molecular weight is 241 g/mol. The normalized spacial score (nSPS) is 11.5. The van der Waals surface area contributed by atoms with Crippen LogP contribution in [0, 0.1) is 0 Å². The van der Waals surface area contributed by atoms with Crippen molar-refractivity contribution in [2.24, 2.45) is 0 Å². The van der Waals surface area contributed by atoms with E-state index >= 15 is 0 Å². The molecule has 0 aliphatic rings. The third-order valence-corrected chi connectivity index (χ3v) is 2.16. The van der Waals surface area contributed by atoms with Crippen LogP contribution in [-0.2, 0) is 11.0 Å². The van der Waals surface area contributed by atoms with Gasteiger partial charge in [-0.25, -0.2) is 0 Å². The molecule has 0 spiro atoms. The Labute approximate surface area is 85.7 Å². The predicted octanol–water partition coefficient (Wildman–Crippen LogP) is 1.77. The maximum absolute atomic E-state index is 12.3. The van der Waals surface area contributed by atoms with Crippen LogP contribution in [0.25, 0.3) is 0 Å². The number of rotatable bonds is 2. The summed E-state index contributed by atoms with van der Waals surface area (Å²) in [5.41, 5.74) is -1.32. The van der Waals surface area contributed by atoms with Crippen LogP contribution in [-0.4, -0.2) is 11.0 Å². The molecule has 0 amide bonds. The average Bonchev–Trinajstić information content (AvgIpc) is 2.45. The second-order valence-electron chi connectivity index (χ2n) is 2.50. The lowest BCUT2D eigenvalue weighted by molar-refractivity contribution is -0.144. The second kappa shape index (κ2) is 4.05. The van der Waals surface area contributed by atoms with E-state index in [-0.39, 0.29) is 17.8 Å². The minimum Gasteiger partial charge on any atom is -0.413 e. The Morgan fingerprint density at radius 1 is 1.53 bits per heavy atom. The molecule has 0 saturated heterocycles. The van der Waals surface area contributed by atoms with Crippen LogP contribution in [0.4, 0.5) is 13.2 Å². The monoisotopic (exact) mass is 241 g/mol. The lowest BCUT2D eigenvalue weighted by Crippen LogP contribution is -2.12. The van der Waals surface area contributed by atoms with E-state index in [4.69, 9.17) is 0 Å². The first kappa shape index (κ1) is 11.8. The quantitative estimate of drug-likeness (QED) is 0.803. The van der Waals surface area contributed by atoms with Crippen molar-refractivity contribution >= 4 is 17.3 Å². The van der Waals surface area contributed by atoms with Gasteiger partial charge in [-0.15, -0.1) is 0 Å². The number of carbonyl (C=O) groups is 1. The summed E-state index contributed by atoms with van der Waals surface area (Å²) in [7, 11) is 0. The number of aromatic nitrogens is 1. The summed E-state index contributed by atoms with van der Waals surface area (Å²) < 4.78 is 41.2. The standard InChI is InChI=1S/C7H6F3NO3S/c1-2-3(12)14-5-4(7(8,9)10)11-6(13)15-5/h2H2,1H3,(H,11,13). The summed E-state index contributed by atoms with van der Waals surface area (Å²) in [5, 5.41) is -0.737. The van der Waals surface area contributed by atoms with Gasteiger partial charge >= 0.3 is 17.0 Å². The van der Waals surface area contributed by atoms with Crippen molar-refractivity contribution in [2.75, 3.05) is 0 Å². The first-order valence-corrected chi connectivity index (χ1v) is 4.67. The summed E-state index contributed by atoms with van der Waals surface area (Å²) in [6.45, 7) is 1.44. The molecule has 0 saturated carbocycles. The van der Waals surface area contributed by atoms with Gasteiger partial charge in [0.2, 0.25) is 5.06 Å². The maximum Gasteiger partial charge on any atom is 0.435 e. The molecule has 1 N–H and O–H groups in total. The van der Waals surface area contributed by atoms with E-state index in [1.807, 2.05) is 0 Å². The minimum absolute atomic E-state index is 0.0661. The van der Waals surface area contributed by atoms with Gasteiger partial charge in [-0.05, 0) is 11.3 Å². The Bertz CT molecular complexity index is 420. The van der Waals surface area contributed by atoms with E-state index in [0.717, 1.165) is 0 Å². The molecule has 0 fully saturated rings. The number of thiazole rings is 1. The highest BCUT2D eigenvalue weighted by Crippen LogP contribution is 2.36. The first-order chi connectivity index (χ1) is 6.84. The molecule has 15 heavy (non-hydrogen) atoms. The topological polar surface area (TPSA) is 59.2 Å². The first-order valence-electron chi connectivity index (χ1n) is 3.85. The van der Waals surface area contributed by atoms with Crippen molar-refractivity contribution < 1.29 is 22.7 Å². The molecule has 8 heteroatoms. The van der Waals surface area contributed by atoms with E-state index < -0.39 is 27.8 Å². The number of carbonyl (C=O) groups excluding carboxylic acids is 1. The molecule has 0 bridgehead atoms. The molecule has 0 atom stereocenters. The van der Waals surface area contributed by atoms with Gasteiger partial charge in [0.15, 0.2) is 5.69 Å². The minimum atomic E-state index is -4.73. The van der Waals surface area contributed by atoms with Gasteiger partial charge in [0.05, 0.1) is 0 Å². The summed E-state index contributed by atoms with van der Waals surface area (Å²) in [4.78, 5) is 22.1. The molecule has 0 radical (unpaired) electrons. The van der Waals surface area contributed by atoms with Gasteiger partial charge in [0.1, 0.15) is 0 Å². The Morgan fingerprint density at radius 2 is 2.13 bits per heavy atom. The van der Waals surface area contributed by atoms with Crippen molar-refractivity contribution in [3.05, 3.63) is 15.4 Å². The Balaban J connectivity index is 3.07. The Morgan fingerprint density at radius 3 is 2.60 bits per heavy atom. The second-order valence-corrected chi connectivity index (χ2v) is 3.45. The maximum atomic E-state index is 12.3. The zero-order valence-electron chi connectivity index (χ0n) is 7.47. The lowest BCUT2D eigenvalue weighted by Gasteiger charge is -2.05. The summed E-state index contributed by atoms with van der Waals surface area (Å²) >= 11 is 0.211. The number of H-pyrrole nitrogens is 1. The Kier molecular flexibility index (Phi) is 3.18. The number of ether oxygens (including phenoxy) is 1. The van der Waals surface area contributed by atoms with Crippen LogP contribution in [0.2, 0.25) is 0 Å². The predicted molar refractivity (Wildman–Crippen MR) is 45.9 cm³/mol. The zero-order chi connectivity index (χ0) is 11.6. The van der Waals surface area contributed by atoms with Crippen molar-refractivity contribution in [2.45, 2.75) is 19.5 Å². The van der Waals surface area contributed by atoms with E-state index in [1.54, 1.807) is 4.98 Å². The molecule has 1 aromatic heterocycles. The van der Waals surface area contributed by atoms with Crippen LogP contribution >= 0.6 is 11.3 Å². The molecule has 84 valence electrons. The fourth-order valence-corrected chi connectivity index (χ4v) is 1.47. The van der Waals surface area contributed by atoms with E-state index in [1.165, 1.54) is 6.92 Å². The van der Waals surface area contributed by atoms with E-state index in [2.05, 4.69) is 4.74 Å². The van der Waals surface area contributed by atoms with Crippen LogP contribution in [0.3, 0.4) is 0 Å². The fourth-order valence-electron chi connectivity index (χ4n) is 0.748. The molecule has 1 heterocycles. The number of esters is 1. The molecule has 0 aliphatic carbocycles. The third-order valence-electron chi connectivity index (χ3n) is 1.40. The van der Waals surface area contributed by atoms with Crippen LogP contribution < -0.4 is 9.61 Å². The van der Waals surface area contributed by atoms with E-state index in [9.17, 15) is 22.8 Å². The van der Waals surface area contributed by atoms with Crippen molar-refractivity contribution in [3.8, 4) is 5.06 Å². The van der Waals surface area contributed by atoms with Gasteiger partial charge in [0.25, 0.3) is 0 Å². The molecular weight excluding hydrogens is 235 g/mol. The highest BCUT2D eigenvalue weighted by atomic mass is 32.1. The highest BCUT2D eigenvalue weighted by Gasteiger charge is 2.38. The smallest absolute Gasteiger partial charge is 0.413 e. The molecule has 0 aliphatic heterocycles. The van der Waals surface area contributed by atoms with Gasteiger partial charge in [0, 0.05) is 6.42 Å². The van der Waals surface area contributed by atoms with Crippen LogP contribution in [0.1, 0.15) is 19.0 Å². The van der Waals surface area contributed by atoms with Crippen molar-refractivity contribution in [1.82, 2.24) is 4.98 Å². The van der Waals surface area contributed by atoms with Gasteiger partial charge in [-0.3, -0.25) is 9.59 Å². The molecule has 1 rings (SSSR count). The number of hydrogen-bond donors (Lipinski definition) is 1. The number of aromatic amines is 1. The third kappa shape index (κ3) is 2.82. The number of halogens is 3. The zero-order valence-corrected chi connectivity index (χ0v) is 8.29. The van der Waals surface area contributed by atoms with Gasteiger partial charge in [-0.1, -0.05) is 6.92 Å². The van der Waals surface area contributed by atoms with Crippen molar-refractivity contribution in [3.63, 3.8) is 0 Å². The van der Waals surface area contributed by atoms with Gasteiger partial charge in [-0.2, -0.15) is 13.2 Å². The largest absolute Gasteiger partial charge is 0.435 e. The summed E-state index contributed by atoms with van der Waals surface area (Å²) in [6, 6.07) is 0. The molecule has 1 aromatic rings. The molecule has 0 aromatic carbocycles. The number of alkyl halides is 3. The van der Waals surface area contributed by atoms with Crippen molar-refractivity contribution in [1.29, 1.82) is 0 Å². The summed E-state index contributed by atoms with van der Waals surface area (Å²) in [5.74, 6) is -0.823. The molecule has 4 nitrogen and oxygen atoms in total. The number of hydrogen-bond acceptors (Lipinski definition) is 4. The molecule has 0 unspecified atom stereocenters. The highest BCUT2D eigenvalue weighted by molar-refractivity contribution is 7.11.